The lowest BCUT2D eigenvalue weighted by Gasteiger charge is -2.20. The van der Waals surface area contributed by atoms with Crippen molar-refractivity contribution < 1.29 is 18.0 Å². The van der Waals surface area contributed by atoms with Crippen LogP contribution >= 0.6 is 23.5 Å². The van der Waals surface area contributed by atoms with E-state index >= 15 is 0 Å². The Labute approximate surface area is 109 Å². The van der Waals surface area contributed by atoms with E-state index in [9.17, 15) is 8.96 Å². The Morgan fingerprint density at radius 3 is 2.41 bits per heavy atom. The molecular weight excluding hydrogens is 310 g/mol. The van der Waals surface area contributed by atoms with Crippen LogP contribution in [0.4, 0.5) is 4.39 Å². The molecule has 0 amide bonds. The summed E-state index contributed by atoms with van der Waals surface area (Å²) >= 11 is 3.24. The molecule has 0 radical (unpaired) electrons. The summed E-state index contributed by atoms with van der Waals surface area (Å²) < 4.78 is 37.1. The average Bonchev–Trinajstić information content (AvgIpc) is 2.28. The third kappa shape index (κ3) is 3.88. The fourth-order valence-corrected chi connectivity index (χ4v) is 3.36. The van der Waals surface area contributed by atoms with Gasteiger partial charge in [0, 0.05) is 4.47 Å². The molecule has 0 saturated carbocycles. The molecule has 3 nitrogen and oxygen atoms in total. The van der Waals surface area contributed by atoms with Crippen molar-refractivity contribution in [3.8, 4) is 0 Å². The molecule has 0 bridgehead atoms. The fraction of sp³-hybridized carbons (Fsp3) is 0.455. The molecule has 0 aromatic heterocycles. The smallest absolute Gasteiger partial charge is 0.307 e. The Bertz CT molecular complexity index is 403. The van der Waals surface area contributed by atoms with Gasteiger partial charge in [0.15, 0.2) is 0 Å². The lowest BCUT2D eigenvalue weighted by Crippen LogP contribution is -2.02. The third-order valence-electron chi connectivity index (χ3n) is 2.02. The Kier molecular flexibility index (Phi) is 5.80. The molecule has 17 heavy (non-hydrogen) atoms. The highest BCUT2D eigenvalue weighted by molar-refractivity contribution is 9.10. The van der Waals surface area contributed by atoms with Gasteiger partial charge >= 0.3 is 7.60 Å². The van der Waals surface area contributed by atoms with Crippen LogP contribution < -0.4 is 0 Å². The molecule has 0 aliphatic carbocycles. The zero-order chi connectivity index (χ0) is 12.9. The SMILES string of the molecule is CCOP(=O)(OCC)C(F)c1cccc(Br)c1. The van der Waals surface area contributed by atoms with Crippen LogP contribution in [0, 0.1) is 0 Å². The largest absolute Gasteiger partial charge is 0.369 e. The van der Waals surface area contributed by atoms with Crippen molar-refractivity contribution in [2.75, 3.05) is 13.2 Å². The summed E-state index contributed by atoms with van der Waals surface area (Å²) in [4.78, 5) is 0. The summed E-state index contributed by atoms with van der Waals surface area (Å²) in [5, 5.41) is 0. The maximum absolute atomic E-state index is 14.2. The fourth-order valence-electron chi connectivity index (χ4n) is 1.37. The zero-order valence-corrected chi connectivity index (χ0v) is 12.2. The normalized spacial score (nSPS) is 13.6. The van der Waals surface area contributed by atoms with Gasteiger partial charge in [0.2, 0.25) is 5.91 Å². The van der Waals surface area contributed by atoms with Gasteiger partial charge < -0.3 is 9.05 Å². The van der Waals surface area contributed by atoms with Crippen molar-refractivity contribution in [2.24, 2.45) is 0 Å². The molecule has 0 aliphatic rings. The first-order chi connectivity index (χ1) is 8.03. The zero-order valence-electron chi connectivity index (χ0n) is 9.73. The molecular formula is C11H15BrFO3P. The van der Waals surface area contributed by atoms with Crippen LogP contribution in [0.25, 0.3) is 0 Å². The van der Waals surface area contributed by atoms with Crippen molar-refractivity contribution in [3.05, 3.63) is 34.3 Å². The van der Waals surface area contributed by atoms with Crippen LogP contribution in [-0.4, -0.2) is 13.2 Å². The molecule has 6 heteroatoms. The van der Waals surface area contributed by atoms with E-state index in [1.165, 1.54) is 0 Å². The van der Waals surface area contributed by atoms with E-state index in [1.54, 1.807) is 38.1 Å². The minimum Gasteiger partial charge on any atom is -0.307 e. The summed E-state index contributed by atoms with van der Waals surface area (Å²) in [6.45, 7) is 3.59. The molecule has 1 unspecified atom stereocenters. The van der Waals surface area contributed by atoms with Crippen LogP contribution in [0.3, 0.4) is 0 Å². The number of alkyl halides is 1. The lowest BCUT2D eigenvalue weighted by atomic mass is 10.2. The Balaban J connectivity index is 2.99. The highest BCUT2D eigenvalue weighted by atomic mass is 79.9. The van der Waals surface area contributed by atoms with Gasteiger partial charge in [0.05, 0.1) is 13.2 Å². The quantitative estimate of drug-likeness (QED) is 0.712. The molecule has 0 spiro atoms. The predicted octanol–water partition coefficient (Wildman–Crippen LogP) is 4.68. The van der Waals surface area contributed by atoms with Crippen molar-refractivity contribution in [2.45, 2.75) is 19.8 Å². The van der Waals surface area contributed by atoms with Crippen LogP contribution in [0.5, 0.6) is 0 Å². The molecule has 1 rings (SSSR count). The summed E-state index contributed by atoms with van der Waals surface area (Å²) in [5.41, 5.74) is 0.282. The number of halogens is 2. The topological polar surface area (TPSA) is 35.5 Å². The minimum absolute atomic E-state index is 0.145. The predicted molar refractivity (Wildman–Crippen MR) is 68.8 cm³/mol. The number of hydrogen-bond acceptors (Lipinski definition) is 3. The van der Waals surface area contributed by atoms with Gasteiger partial charge in [-0.2, -0.15) is 0 Å². The van der Waals surface area contributed by atoms with Gasteiger partial charge in [0.1, 0.15) is 0 Å². The third-order valence-corrected chi connectivity index (χ3v) is 4.60. The Hall–Kier alpha value is -0.220. The molecule has 0 saturated heterocycles. The van der Waals surface area contributed by atoms with Crippen molar-refractivity contribution in [1.82, 2.24) is 0 Å². The molecule has 0 heterocycles. The monoisotopic (exact) mass is 324 g/mol. The lowest BCUT2D eigenvalue weighted by molar-refractivity contribution is 0.190. The second kappa shape index (κ2) is 6.64. The van der Waals surface area contributed by atoms with Gasteiger partial charge in [-0.05, 0) is 31.5 Å². The highest BCUT2D eigenvalue weighted by Crippen LogP contribution is 2.61. The summed E-state index contributed by atoms with van der Waals surface area (Å²) in [6.07, 6.45) is 0. The van der Waals surface area contributed by atoms with Gasteiger partial charge in [0.25, 0.3) is 0 Å². The maximum atomic E-state index is 14.2. The first kappa shape index (κ1) is 14.8. The van der Waals surface area contributed by atoms with Crippen molar-refractivity contribution in [3.63, 3.8) is 0 Å². The van der Waals surface area contributed by atoms with Crippen LogP contribution in [-0.2, 0) is 13.6 Å². The van der Waals surface area contributed by atoms with Crippen molar-refractivity contribution in [1.29, 1.82) is 0 Å². The standard InChI is InChI=1S/C11H15BrFO3P/c1-3-15-17(14,16-4-2)11(13)9-6-5-7-10(12)8-9/h5-8,11H,3-4H2,1-2H3. The van der Waals surface area contributed by atoms with Crippen molar-refractivity contribution >= 4 is 23.5 Å². The van der Waals surface area contributed by atoms with E-state index < -0.39 is 13.5 Å². The molecule has 0 fully saturated rings. The first-order valence-corrected chi connectivity index (χ1v) is 7.72. The van der Waals surface area contributed by atoms with E-state index in [-0.39, 0.29) is 18.8 Å². The molecule has 1 aromatic carbocycles. The molecule has 1 aromatic rings. The van der Waals surface area contributed by atoms with E-state index in [0.29, 0.717) is 0 Å². The minimum atomic E-state index is -3.74. The number of benzene rings is 1. The maximum Gasteiger partial charge on any atom is 0.369 e. The summed E-state index contributed by atoms with van der Waals surface area (Å²) in [6, 6.07) is 6.56. The Morgan fingerprint density at radius 1 is 1.35 bits per heavy atom. The van der Waals surface area contributed by atoms with Crippen LogP contribution in [0.2, 0.25) is 0 Å². The summed E-state index contributed by atoms with van der Waals surface area (Å²) in [7, 11) is -3.74. The van der Waals surface area contributed by atoms with Gasteiger partial charge in [-0.1, -0.05) is 28.1 Å². The van der Waals surface area contributed by atoms with Gasteiger partial charge in [-0.15, -0.1) is 0 Å². The van der Waals surface area contributed by atoms with E-state index in [2.05, 4.69) is 15.9 Å². The Morgan fingerprint density at radius 2 is 1.94 bits per heavy atom. The van der Waals surface area contributed by atoms with E-state index in [0.717, 1.165) is 4.47 Å². The molecule has 0 N–H and O–H groups in total. The second-order valence-electron chi connectivity index (χ2n) is 3.27. The van der Waals surface area contributed by atoms with Crippen LogP contribution in [0.15, 0.2) is 28.7 Å². The van der Waals surface area contributed by atoms with E-state index in [1.807, 2.05) is 0 Å². The molecule has 0 aliphatic heterocycles. The highest BCUT2D eigenvalue weighted by Gasteiger charge is 2.37. The molecule has 96 valence electrons. The molecule has 1 atom stereocenters. The van der Waals surface area contributed by atoms with Gasteiger partial charge in [-0.3, -0.25) is 4.57 Å². The first-order valence-electron chi connectivity index (χ1n) is 5.31. The number of hydrogen-bond donors (Lipinski definition) is 0. The summed E-state index contributed by atoms with van der Waals surface area (Å²) in [5.74, 6) is -1.76. The van der Waals surface area contributed by atoms with Crippen LogP contribution in [0.1, 0.15) is 25.3 Å². The average molecular weight is 325 g/mol. The second-order valence-corrected chi connectivity index (χ2v) is 6.23. The number of rotatable bonds is 6. The van der Waals surface area contributed by atoms with Gasteiger partial charge in [-0.25, -0.2) is 4.39 Å². The van der Waals surface area contributed by atoms with E-state index in [4.69, 9.17) is 9.05 Å².